The number of aliphatic hydroxyl groups excluding tert-OH is 1. The lowest BCUT2D eigenvalue weighted by Crippen LogP contribution is -2.29. The predicted octanol–water partition coefficient (Wildman–Crippen LogP) is 0.510. The van der Waals surface area contributed by atoms with Crippen molar-refractivity contribution < 1.29 is 24.2 Å². The summed E-state index contributed by atoms with van der Waals surface area (Å²) >= 11 is 0. The molecule has 1 fully saturated rings. The van der Waals surface area contributed by atoms with Crippen molar-refractivity contribution in [1.82, 2.24) is 4.98 Å². The maximum atomic E-state index is 11.9. The van der Waals surface area contributed by atoms with Crippen molar-refractivity contribution >= 4 is 23.6 Å². The van der Waals surface area contributed by atoms with Gasteiger partial charge in [-0.15, -0.1) is 0 Å². The van der Waals surface area contributed by atoms with Gasteiger partial charge < -0.3 is 19.9 Å². The molecule has 2 amide bonds. The van der Waals surface area contributed by atoms with Crippen molar-refractivity contribution in [3.63, 3.8) is 0 Å². The number of aliphatic hydroxyl groups is 1. The van der Waals surface area contributed by atoms with Crippen LogP contribution in [0, 0.1) is 0 Å². The second kappa shape index (κ2) is 5.57. The van der Waals surface area contributed by atoms with Crippen molar-refractivity contribution in [2.45, 2.75) is 18.9 Å². The fourth-order valence-electron chi connectivity index (χ4n) is 2.28. The predicted molar refractivity (Wildman–Crippen MR) is 72.3 cm³/mol. The Kier molecular flexibility index (Phi) is 3.61. The Morgan fingerprint density at radius 2 is 2.29 bits per heavy atom. The van der Waals surface area contributed by atoms with E-state index in [9.17, 15) is 9.59 Å². The van der Waals surface area contributed by atoms with E-state index < -0.39 is 6.09 Å². The highest BCUT2D eigenvalue weighted by molar-refractivity contribution is 5.95. The van der Waals surface area contributed by atoms with E-state index in [4.69, 9.17) is 14.6 Å². The van der Waals surface area contributed by atoms with Gasteiger partial charge in [-0.1, -0.05) is 0 Å². The molecule has 1 saturated heterocycles. The molecule has 0 radical (unpaired) electrons. The van der Waals surface area contributed by atoms with Crippen molar-refractivity contribution in [3.05, 3.63) is 12.1 Å². The van der Waals surface area contributed by atoms with Gasteiger partial charge in [0, 0.05) is 6.61 Å². The smallest absolute Gasteiger partial charge is 0.415 e. The number of aromatic nitrogens is 1. The minimum atomic E-state index is -0.478. The van der Waals surface area contributed by atoms with Gasteiger partial charge in [0.1, 0.15) is 11.9 Å². The molecule has 0 bridgehead atoms. The highest BCUT2D eigenvalue weighted by Crippen LogP contribution is 2.30. The van der Waals surface area contributed by atoms with Crippen LogP contribution >= 0.6 is 0 Å². The molecule has 0 saturated carbocycles. The summed E-state index contributed by atoms with van der Waals surface area (Å²) in [6, 6.07) is 3.30. The first-order valence-corrected chi connectivity index (χ1v) is 6.70. The molecule has 0 aromatic carbocycles. The van der Waals surface area contributed by atoms with E-state index in [0.29, 0.717) is 36.8 Å². The SMILES string of the molecule is O=C1COc2ccc(N3C[C@@H](CCCO)OC3=O)nc2N1. The maximum Gasteiger partial charge on any atom is 0.415 e. The Morgan fingerprint density at radius 1 is 1.43 bits per heavy atom. The first kappa shape index (κ1) is 13.6. The number of nitrogens with one attached hydrogen (secondary N) is 1. The number of carbonyl (C=O) groups is 2. The average molecular weight is 293 g/mol. The van der Waals surface area contributed by atoms with E-state index in [-0.39, 0.29) is 25.2 Å². The fraction of sp³-hybridized carbons (Fsp3) is 0.462. The van der Waals surface area contributed by atoms with E-state index in [1.54, 1.807) is 12.1 Å². The van der Waals surface area contributed by atoms with Crippen LogP contribution in [0.2, 0.25) is 0 Å². The van der Waals surface area contributed by atoms with Crippen molar-refractivity contribution in [1.29, 1.82) is 0 Å². The summed E-state index contributed by atoms with van der Waals surface area (Å²) < 4.78 is 10.4. The third kappa shape index (κ3) is 2.75. The average Bonchev–Trinajstić information content (AvgIpc) is 2.85. The number of anilines is 2. The molecule has 0 spiro atoms. The van der Waals surface area contributed by atoms with Crippen LogP contribution in [-0.4, -0.2) is 48.0 Å². The summed E-state index contributed by atoms with van der Waals surface area (Å²) in [5.74, 6) is 0.895. The molecule has 1 atom stereocenters. The third-order valence-electron chi connectivity index (χ3n) is 3.29. The summed E-state index contributed by atoms with van der Waals surface area (Å²) in [6.45, 7) is 0.400. The Balaban J connectivity index is 1.76. The van der Waals surface area contributed by atoms with Crippen LogP contribution in [0.25, 0.3) is 0 Å². The van der Waals surface area contributed by atoms with Crippen molar-refractivity contribution in [3.8, 4) is 5.75 Å². The molecule has 2 N–H and O–H groups in total. The standard InChI is InChI=1S/C13H15N3O5/c17-5-1-2-8-6-16(13(19)21-8)10-4-3-9-12(14-10)15-11(18)7-20-9/h3-4,8,17H,1-2,5-7H2,(H,14,15,18)/t8-/m1/s1. The van der Waals surface area contributed by atoms with Gasteiger partial charge in [0.15, 0.2) is 18.2 Å². The molecule has 1 aromatic rings. The largest absolute Gasteiger partial charge is 0.480 e. The highest BCUT2D eigenvalue weighted by atomic mass is 16.6. The molecular weight excluding hydrogens is 278 g/mol. The molecular formula is C13H15N3O5. The van der Waals surface area contributed by atoms with Crippen LogP contribution in [0.15, 0.2) is 12.1 Å². The van der Waals surface area contributed by atoms with Crippen LogP contribution < -0.4 is 15.0 Å². The van der Waals surface area contributed by atoms with Crippen LogP contribution in [0.1, 0.15) is 12.8 Å². The van der Waals surface area contributed by atoms with Crippen LogP contribution in [0.3, 0.4) is 0 Å². The van der Waals surface area contributed by atoms with E-state index in [1.807, 2.05) is 0 Å². The monoisotopic (exact) mass is 293 g/mol. The molecule has 112 valence electrons. The lowest BCUT2D eigenvalue weighted by atomic mass is 10.2. The minimum Gasteiger partial charge on any atom is -0.480 e. The number of cyclic esters (lactones) is 1. The molecule has 2 aliphatic rings. The lowest BCUT2D eigenvalue weighted by Gasteiger charge is -2.19. The Labute approximate surface area is 120 Å². The number of amides is 2. The minimum absolute atomic E-state index is 0.0387. The first-order valence-electron chi connectivity index (χ1n) is 6.70. The van der Waals surface area contributed by atoms with Gasteiger partial charge in [0.05, 0.1) is 6.54 Å². The Hall–Kier alpha value is -2.35. The summed E-state index contributed by atoms with van der Waals surface area (Å²) in [5, 5.41) is 11.4. The van der Waals surface area contributed by atoms with Gasteiger partial charge in [-0.05, 0) is 25.0 Å². The van der Waals surface area contributed by atoms with E-state index in [2.05, 4.69) is 10.3 Å². The molecule has 0 aliphatic carbocycles. The zero-order valence-corrected chi connectivity index (χ0v) is 11.2. The molecule has 8 nitrogen and oxygen atoms in total. The lowest BCUT2D eigenvalue weighted by molar-refractivity contribution is -0.118. The number of hydrogen-bond acceptors (Lipinski definition) is 6. The van der Waals surface area contributed by atoms with Crippen molar-refractivity contribution in [2.24, 2.45) is 0 Å². The van der Waals surface area contributed by atoms with Gasteiger partial charge in [-0.3, -0.25) is 9.69 Å². The zero-order valence-electron chi connectivity index (χ0n) is 11.2. The summed E-state index contributed by atoms with van der Waals surface area (Å²) in [4.78, 5) is 28.8. The topological polar surface area (TPSA) is 101 Å². The third-order valence-corrected chi connectivity index (χ3v) is 3.29. The number of nitrogens with zero attached hydrogens (tertiary/aromatic N) is 2. The molecule has 3 heterocycles. The van der Waals surface area contributed by atoms with Crippen LogP contribution in [0.5, 0.6) is 5.75 Å². The van der Waals surface area contributed by atoms with Gasteiger partial charge in [-0.2, -0.15) is 0 Å². The number of fused-ring (bicyclic) bond motifs is 1. The summed E-state index contributed by atoms with van der Waals surface area (Å²) in [5.41, 5.74) is 0. The quantitative estimate of drug-likeness (QED) is 0.839. The Morgan fingerprint density at radius 3 is 3.10 bits per heavy atom. The van der Waals surface area contributed by atoms with Gasteiger partial charge >= 0.3 is 6.09 Å². The highest BCUT2D eigenvalue weighted by Gasteiger charge is 2.33. The van der Waals surface area contributed by atoms with Crippen LogP contribution in [0.4, 0.5) is 16.4 Å². The molecule has 2 aliphatic heterocycles. The normalized spacial score (nSPS) is 20.6. The second-order valence-electron chi connectivity index (χ2n) is 4.84. The molecule has 3 rings (SSSR count). The van der Waals surface area contributed by atoms with E-state index in [1.165, 1.54) is 4.90 Å². The van der Waals surface area contributed by atoms with Crippen molar-refractivity contribution in [2.75, 3.05) is 30.0 Å². The fourth-order valence-corrected chi connectivity index (χ4v) is 2.28. The number of hydrogen-bond donors (Lipinski definition) is 2. The van der Waals surface area contributed by atoms with Crippen LogP contribution in [-0.2, 0) is 9.53 Å². The number of rotatable bonds is 4. The number of carbonyl (C=O) groups excluding carboxylic acids is 2. The van der Waals surface area contributed by atoms with E-state index in [0.717, 1.165) is 0 Å². The second-order valence-corrected chi connectivity index (χ2v) is 4.84. The maximum absolute atomic E-state index is 11.9. The van der Waals surface area contributed by atoms with Gasteiger partial charge in [-0.25, -0.2) is 9.78 Å². The van der Waals surface area contributed by atoms with Gasteiger partial charge in [0.25, 0.3) is 5.91 Å². The molecule has 21 heavy (non-hydrogen) atoms. The van der Waals surface area contributed by atoms with E-state index >= 15 is 0 Å². The zero-order chi connectivity index (χ0) is 14.8. The molecule has 8 heteroatoms. The molecule has 0 unspecified atom stereocenters. The molecule has 1 aromatic heterocycles. The number of pyridine rings is 1. The first-order chi connectivity index (χ1) is 10.2. The Bertz CT molecular complexity index is 577. The summed E-state index contributed by atoms with van der Waals surface area (Å²) in [6.07, 6.45) is 0.443. The van der Waals surface area contributed by atoms with Gasteiger partial charge in [0.2, 0.25) is 0 Å². The summed E-state index contributed by atoms with van der Waals surface area (Å²) in [7, 11) is 0. The number of ether oxygens (including phenoxy) is 2.